The summed E-state index contributed by atoms with van der Waals surface area (Å²) in [5.74, 6) is 3.38. The van der Waals surface area contributed by atoms with Crippen LogP contribution in [0, 0.1) is 0 Å². The van der Waals surface area contributed by atoms with Crippen LogP contribution in [0.25, 0.3) is 11.0 Å². The van der Waals surface area contributed by atoms with Gasteiger partial charge in [0.2, 0.25) is 0 Å². The lowest BCUT2D eigenvalue weighted by Gasteiger charge is -2.23. The smallest absolute Gasteiger partial charge is 0.193 e. The van der Waals surface area contributed by atoms with Gasteiger partial charge in [-0.05, 0) is 31.2 Å². The van der Waals surface area contributed by atoms with Crippen molar-refractivity contribution in [2.45, 2.75) is 19.9 Å². The maximum absolute atomic E-state index is 5.52. The predicted octanol–water partition coefficient (Wildman–Crippen LogP) is 3.22. The van der Waals surface area contributed by atoms with Crippen LogP contribution in [-0.4, -0.2) is 55.2 Å². The van der Waals surface area contributed by atoms with Crippen LogP contribution in [0.4, 0.5) is 0 Å². The van der Waals surface area contributed by atoms with Gasteiger partial charge in [0, 0.05) is 44.7 Å². The molecule has 0 aliphatic rings. The van der Waals surface area contributed by atoms with Gasteiger partial charge < -0.3 is 24.7 Å². The molecule has 29 heavy (non-hydrogen) atoms. The number of hydrogen-bond donors (Lipinski definition) is 2. The molecule has 0 spiro atoms. The Morgan fingerprint density at radius 3 is 2.72 bits per heavy atom. The predicted molar refractivity (Wildman–Crippen MR) is 117 cm³/mol. The summed E-state index contributed by atoms with van der Waals surface area (Å²) < 4.78 is 10.8. The van der Waals surface area contributed by atoms with Crippen LogP contribution in [0.5, 0.6) is 11.5 Å². The second-order valence-electron chi connectivity index (χ2n) is 6.72. The first-order chi connectivity index (χ1) is 14.1. The van der Waals surface area contributed by atoms with Gasteiger partial charge in [0.1, 0.15) is 17.3 Å². The fraction of sp³-hybridized carbons (Fsp3) is 0.364. The Balaban J connectivity index is 1.67. The minimum atomic E-state index is 0.645. The Morgan fingerprint density at radius 1 is 1.17 bits per heavy atom. The molecule has 0 bridgehead atoms. The maximum Gasteiger partial charge on any atom is 0.193 e. The Bertz CT molecular complexity index is 934. The molecular formula is C22H29N5O2. The summed E-state index contributed by atoms with van der Waals surface area (Å²) in [5, 5.41) is 3.36. The zero-order chi connectivity index (χ0) is 20.6. The summed E-state index contributed by atoms with van der Waals surface area (Å²) >= 11 is 0. The summed E-state index contributed by atoms with van der Waals surface area (Å²) in [4.78, 5) is 14.8. The van der Waals surface area contributed by atoms with E-state index in [1.165, 1.54) is 0 Å². The Labute approximate surface area is 171 Å². The summed E-state index contributed by atoms with van der Waals surface area (Å²) in [5.41, 5.74) is 3.11. The number of imidazole rings is 1. The minimum Gasteiger partial charge on any atom is -0.497 e. The SMILES string of the molecule is CCNC(=NCCc1nc2ccccc2[nH]1)N(C)Cc1ccc(OC)cc1OC. The van der Waals surface area contributed by atoms with E-state index in [2.05, 4.69) is 27.1 Å². The van der Waals surface area contributed by atoms with Crippen molar-refractivity contribution in [2.75, 3.05) is 34.4 Å². The van der Waals surface area contributed by atoms with Crippen LogP contribution >= 0.6 is 0 Å². The molecule has 1 heterocycles. The number of hydrogen-bond acceptors (Lipinski definition) is 4. The second-order valence-corrected chi connectivity index (χ2v) is 6.72. The van der Waals surface area contributed by atoms with Crippen LogP contribution in [0.2, 0.25) is 0 Å². The quantitative estimate of drug-likeness (QED) is 0.452. The van der Waals surface area contributed by atoms with Crippen molar-refractivity contribution in [2.24, 2.45) is 4.99 Å². The second kappa shape index (κ2) is 9.82. The van der Waals surface area contributed by atoms with Crippen molar-refractivity contribution < 1.29 is 9.47 Å². The molecule has 0 saturated carbocycles. The van der Waals surface area contributed by atoms with Crippen molar-refractivity contribution in [1.29, 1.82) is 0 Å². The molecule has 7 heteroatoms. The van der Waals surface area contributed by atoms with Crippen LogP contribution in [0.15, 0.2) is 47.5 Å². The van der Waals surface area contributed by atoms with Gasteiger partial charge in [0.05, 0.1) is 25.3 Å². The van der Waals surface area contributed by atoms with E-state index in [0.29, 0.717) is 13.1 Å². The lowest BCUT2D eigenvalue weighted by molar-refractivity contribution is 0.382. The van der Waals surface area contributed by atoms with Crippen LogP contribution in [0.3, 0.4) is 0 Å². The Hall–Kier alpha value is -3.22. The molecule has 0 unspecified atom stereocenters. The highest BCUT2D eigenvalue weighted by atomic mass is 16.5. The summed E-state index contributed by atoms with van der Waals surface area (Å²) in [6.07, 6.45) is 0.753. The van der Waals surface area contributed by atoms with Crippen LogP contribution in [-0.2, 0) is 13.0 Å². The molecule has 2 N–H and O–H groups in total. The van der Waals surface area contributed by atoms with Crippen molar-refractivity contribution in [3.63, 3.8) is 0 Å². The fourth-order valence-electron chi connectivity index (χ4n) is 3.17. The van der Waals surface area contributed by atoms with E-state index in [1.54, 1.807) is 14.2 Å². The van der Waals surface area contributed by atoms with Crippen LogP contribution < -0.4 is 14.8 Å². The molecule has 3 rings (SSSR count). The molecule has 7 nitrogen and oxygen atoms in total. The first-order valence-electron chi connectivity index (χ1n) is 9.78. The van der Waals surface area contributed by atoms with Crippen molar-refractivity contribution >= 4 is 17.0 Å². The summed E-state index contributed by atoms with van der Waals surface area (Å²) in [6, 6.07) is 13.9. The van der Waals surface area contributed by atoms with E-state index in [0.717, 1.165) is 52.8 Å². The number of guanidine groups is 1. The molecule has 0 atom stereocenters. The molecule has 0 fully saturated rings. The first kappa shape index (κ1) is 20.5. The monoisotopic (exact) mass is 395 g/mol. The third kappa shape index (κ3) is 5.19. The number of rotatable bonds is 8. The van der Waals surface area contributed by atoms with Gasteiger partial charge in [-0.3, -0.25) is 4.99 Å². The van der Waals surface area contributed by atoms with E-state index in [4.69, 9.17) is 14.5 Å². The summed E-state index contributed by atoms with van der Waals surface area (Å²) in [7, 11) is 5.34. The zero-order valence-corrected chi connectivity index (χ0v) is 17.5. The van der Waals surface area contributed by atoms with Gasteiger partial charge in [-0.25, -0.2) is 4.98 Å². The lowest BCUT2D eigenvalue weighted by Crippen LogP contribution is -2.38. The molecule has 2 aromatic carbocycles. The third-order valence-electron chi connectivity index (χ3n) is 4.65. The van der Waals surface area contributed by atoms with Gasteiger partial charge in [0.25, 0.3) is 0 Å². The zero-order valence-electron chi connectivity index (χ0n) is 17.5. The van der Waals surface area contributed by atoms with Gasteiger partial charge in [-0.2, -0.15) is 0 Å². The molecule has 3 aromatic rings. The van der Waals surface area contributed by atoms with Gasteiger partial charge >= 0.3 is 0 Å². The maximum atomic E-state index is 5.52. The average Bonchev–Trinajstić information content (AvgIpc) is 3.16. The molecule has 0 saturated heterocycles. The van der Waals surface area contributed by atoms with Crippen molar-refractivity contribution in [3.05, 3.63) is 53.9 Å². The molecule has 0 radical (unpaired) electrons. The standard InChI is InChI=1S/C22H29N5O2/c1-5-23-22(24-13-12-21-25-18-8-6-7-9-19(18)26-21)27(2)15-16-10-11-17(28-3)14-20(16)29-4/h6-11,14H,5,12-13,15H2,1-4H3,(H,23,24)(H,25,26). The van der Waals surface area contributed by atoms with Gasteiger partial charge in [0.15, 0.2) is 5.96 Å². The number of aromatic amines is 1. The Morgan fingerprint density at radius 2 is 2.00 bits per heavy atom. The molecule has 0 aliphatic carbocycles. The number of ether oxygens (including phenoxy) is 2. The van der Waals surface area contributed by atoms with Gasteiger partial charge in [-0.15, -0.1) is 0 Å². The topological polar surface area (TPSA) is 74.8 Å². The summed E-state index contributed by atoms with van der Waals surface area (Å²) in [6.45, 7) is 4.18. The third-order valence-corrected chi connectivity index (χ3v) is 4.65. The number of aliphatic imine (C=N–C) groups is 1. The molecule has 0 aliphatic heterocycles. The largest absolute Gasteiger partial charge is 0.497 e. The number of benzene rings is 2. The van der Waals surface area contributed by atoms with E-state index < -0.39 is 0 Å². The van der Waals surface area contributed by atoms with Crippen molar-refractivity contribution in [1.82, 2.24) is 20.2 Å². The lowest BCUT2D eigenvalue weighted by atomic mass is 10.2. The number of fused-ring (bicyclic) bond motifs is 1. The molecular weight excluding hydrogens is 366 g/mol. The fourth-order valence-corrected chi connectivity index (χ4v) is 3.17. The van der Waals surface area contributed by atoms with Crippen molar-refractivity contribution in [3.8, 4) is 11.5 Å². The van der Waals surface area contributed by atoms with Crippen LogP contribution in [0.1, 0.15) is 18.3 Å². The normalized spacial score (nSPS) is 11.5. The number of aromatic nitrogens is 2. The number of H-pyrrole nitrogens is 1. The number of methoxy groups -OCH3 is 2. The molecule has 1 aromatic heterocycles. The minimum absolute atomic E-state index is 0.645. The van der Waals surface area contributed by atoms with E-state index in [1.807, 2.05) is 49.5 Å². The van der Waals surface area contributed by atoms with Gasteiger partial charge in [-0.1, -0.05) is 12.1 Å². The molecule has 154 valence electrons. The van der Waals surface area contributed by atoms with E-state index in [-0.39, 0.29) is 0 Å². The number of nitrogens with zero attached hydrogens (tertiary/aromatic N) is 3. The molecule has 0 amide bonds. The number of para-hydroxylation sites is 2. The van der Waals surface area contributed by atoms with E-state index in [9.17, 15) is 0 Å². The highest BCUT2D eigenvalue weighted by Crippen LogP contribution is 2.25. The van der Waals surface area contributed by atoms with E-state index >= 15 is 0 Å². The average molecular weight is 396 g/mol. The first-order valence-corrected chi connectivity index (χ1v) is 9.78. The number of nitrogens with one attached hydrogen (secondary N) is 2. The highest BCUT2D eigenvalue weighted by Gasteiger charge is 2.11. The highest BCUT2D eigenvalue weighted by molar-refractivity contribution is 5.79. The Kier molecular flexibility index (Phi) is 6.94.